The Hall–Kier alpha value is -3.09. The number of aromatic nitrogens is 1. The van der Waals surface area contributed by atoms with Crippen molar-refractivity contribution in [2.24, 2.45) is 0 Å². The van der Waals surface area contributed by atoms with Crippen LogP contribution in [-0.4, -0.2) is 58.5 Å². The van der Waals surface area contributed by atoms with Crippen LogP contribution in [0.3, 0.4) is 0 Å². The smallest absolute Gasteiger partial charge is 0.465 e. The number of hydrogen-bond acceptors (Lipinski definition) is 5. The van der Waals surface area contributed by atoms with E-state index in [2.05, 4.69) is 31.0 Å². The van der Waals surface area contributed by atoms with Gasteiger partial charge >= 0.3 is 12.5 Å². The zero-order valence-electron chi connectivity index (χ0n) is 17.4. The second-order valence-corrected chi connectivity index (χ2v) is 8.31. The molecule has 0 unspecified atom stereocenters. The zero-order chi connectivity index (χ0) is 24.5. The summed E-state index contributed by atoms with van der Waals surface area (Å²) in [5.41, 5.74) is -0.456. The Morgan fingerprint density at radius 3 is 2.48 bits per heavy atom. The third-order valence-corrected chi connectivity index (χ3v) is 5.65. The van der Waals surface area contributed by atoms with Crippen molar-refractivity contribution in [3.63, 3.8) is 0 Å². The number of carboxylic acid groups (broad SMARTS) is 1. The lowest BCUT2D eigenvalue weighted by atomic mass is 10.1. The van der Waals surface area contributed by atoms with E-state index in [0.717, 1.165) is 12.1 Å². The molecule has 2 amide bonds. The van der Waals surface area contributed by atoms with Gasteiger partial charge in [-0.25, -0.2) is 14.2 Å². The molecule has 0 aliphatic carbocycles. The van der Waals surface area contributed by atoms with Crippen molar-refractivity contribution in [2.45, 2.75) is 32.3 Å². The van der Waals surface area contributed by atoms with Crippen LogP contribution in [0.25, 0.3) is 0 Å². The molecule has 0 saturated carbocycles. The maximum atomic E-state index is 14.2. The number of carbonyl (C=O) groups excluding carboxylic acids is 1. The molecule has 0 spiro atoms. The van der Waals surface area contributed by atoms with Gasteiger partial charge in [-0.15, -0.1) is 13.2 Å². The first kappa shape index (κ1) is 24.6. The molecule has 1 fully saturated rings. The van der Waals surface area contributed by atoms with Gasteiger partial charge in [0.05, 0.1) is 15.7 Å². The molecule has 2 N–H and O–H groups in total. The second-order valence-electron chi connectivity index (χ2n) is 7.45. The summed E-state index contributed by atoms with van der Waals surface area (Å²) in [5.74, 6) is -1.94. The molecule has 8 nitrogen and oxygen atoms in total. The van der Waals surface area contributed by atoms with E-state index in [1.54, 1.807) is 13.0 Å². The first-order valence-corrected chi connectivity index (χ1v) is 10.4. The number of hydrogen-bond donors (Lipinski definition) is 2. The number of alkyl halides is 3. The summed E-state index contributed by atoms with van der Waals surface area (Å²) in [6.07, 6.45) is -4.75. The van der Waals surface area contributed by atoms with Gasteiger partial charge in [0.1, 0.15) is 17.4 Å². The number of nitrogens with one attached hydrogen (secondary N) is 1. The second kappa shape index (κ2) is 9.41. The fourth-order valence-electron chi connectivity index (χ4n) is 3.42. The van der Waals surface area contributed by atoms with E-state index in [4.69, 9.17) is 0 Å². The predicted molar refractivity (Wildman–Crippen MR) is 114 cm³/mol. The van der Waals surface area contributed by atoms with Gasteiger partial charge in [-0.05, 0) is 48.0 Å². The van der Waals surface area contributed by atoms with E-state index >= 15 is 0 Å². The number of halogens is 5. The van der Waals surface area contributed by atoms with Crippen molar-refractivity contribution in [1.82, 2.24) is 9.88 Å². The molecule has 178 valence electrons. The topological polar surface area (TPSA) is 95.0 Å². The highest BCUT2D eigenvalue weighted by Crippen LogP contribution is 2.34. The number of ether oxygens (including phenoxy) is 1. The molecule has 3 rings (SSSR count). The number of pyridine rings is 1. The van der Waals surface area contributed by atoms with E-state index in [1.165, 1.54) is 17.2 Å². The van der Waals surface area contributed by atoms with Crippen LogP contribution in [0.15, 0.2) is 34.9 Å². The molecule has 1 aliphatic rings. The zero-order valence-corrected chi connectivity index (χ0v) is 18.9. The van der Waals surface area contributed by atoms with Crippen LogP contribution < -0.4 is 15.0 Å². The largest absolute Gasteiger partial charge is 0.573 e. The summed E-state index contributed by atoms with van der Waals surface area (Å²) < 4.78 is 55.3. The average Bonchev–Trinajstić information content (AvgIpc) is 2.72. The Morgan fingerprint density at radius 1 is 1.21 bits per heavy atom. The summed E-state index contributed by atoms with van der Waals surface area (Å²) >= 11 is 2.78. The average molecular weight is 535 g/mol. The minimum Gasteiger partial charge on any atom is -0.465 e. The molecule has 1 aliphatic heterocycles. The molecule has 1 aromatic heterocycles. The van der Waals surface area contributed by atoms with E-state index in [0.29, 0.717) is 12.4 Å². The minimum atomic E-state index is -4.99. The monoisotopic (exact) mass is 534 g/mol. The lowest BCUT2D eigenvalue weighted by Gasteiger charge is -2.43. The summed E-state index contributed by atoms with van der Waals surface area (Å²) in [5, 5.41) is 11.5. The van der Waals surface area contributed by atoms with Crippen LogP contribution >= 0.6 is 15.9 Å². The fraction of sp³-hybridized carbons (Fsp3) is 0.350. The van der Waals surface area contributed by atoms with Crippen LogP contribution in [0.2, 0.25) is 0 Å². The van der Waals surface area contributed by atoms with Gasteiger partial charge in [0.15, 0.2) is 0 Å². The Kier molecular flexibility index (Phi) is 7.00. The number of anilines is 2. The Morgan fingerprint density at radius 2 is 1.91 bits per heavy atom. The molecule has 0 radical (unpaired) electrons. The van der Waals surface area contributed by atoms with Crippen LogP contribution in [0, 0.1) is 5.82 Å². The third kappa shape index (κ3) is 5.83. The molecule has 33 heavy (non-hydrogen) atoms. The van der Waals surface area contributed by atoms with Crippen molar-refractivity contribution >= 4 is 39.4 Å². The highest BCUT2D eigenvalue weighted by atomic mass is 79.9. The molecular formula is C20H19BrF4N4O4. The lowest BCUT2D eigenvalue weighted by Crippen LogP contribution is -2.58. The van der Waals surface area contributed by atoms with Crippen LogP contribution in [0.5, 0.6) is 5.75 Å². The third-order valence-electron chi connectivity index (χ3n) is 5.03. The highest BCUT2D eigenvalue weighted by Gasteiger charge is 2.33. The van der Waals surface area contributed by atoms with Gasteiger partial charge in [-0.1, -0.05) is 0 Å². The SMILES string of the molecule is C[C@@H]1CN(C(=O)O)[C@@H](C)CN1c1ccc(C(=O)Nc2cc(OC(F)(F)F)c(Br)cc2F)cn1. The van der Waals surface area contributed by atoms with E-state index in [9.17, 15) is 32.3 Å². The molecular weight excluding hydrogens is 516 g/mol. The number of rotatable bonds is 4. The summed E-state index contributed by atoms with van der Waals surface area (Å²) in [7, 11) is 0. The number of benzene rings is 1. The minimum absolute atomic E-state index is 0.0456. The van der Waals surface area contributed by atoms with E-state index in [1.807, 2.05) is 11.8 Å². The Bertz CT molecular complexity index is 1050. The number of nitrogens with zero attached hydrogens (tertiary/aromatic N) is 3. The van der Waals surface area contributed by atoms with Crippen LogP contribution in [0.1, 0.15) is 24.2 Å². The van der Waals surface area contributed by atoms with Crippen molar-refractivity contribution in [3.05, 3.63) is 46.3 Å². The molecule has 1 saturated heterocycles. The molecule has 0 bridgehead atoms. The fourth-order valence-corrected chi connectivity index (χ4v) is 3.82. The molecule has 13 heteroatoms. The number of carbonyl (C=O) groups is 2. The Balaban J connectivity index is 1.74. The summed E-state index contributed by atoms with van der Waals surface area (Å²) in [6, 6.07) is 4.03. The van der Waals surface area contributed by atoms with Gasteiger partial charge in [0.2, 0.25) is 0 Å². The molecule has 2 atom stereocenters. The van der Waals surface area contributed by atoms with E-state index in [-0.39, 0.29) is 28.7 Å². The first-order chi connectivity index (χ1) is 15.4. The van der Waals surface area contributed by atoms with Crippen LogP contribution in [-0.2, 0) is 0 Å². The summed E-state index contributed by atoms with van der Waals surface area (Å²) in [4.78, 5) is 31.3. The van der Waals surface area contributed by atoms with Gasteiger partial charge < -0.3 is 25.0 Å². The predicted octanol–water partition coefficient (Wildman–Crippen LogP) is 4.71. The van der Waals surface area contributed by atoms with E-state index < -0.39 is 35.6 Å². The van der Waals surface area contributed by atoms with Gasteiger partial charge in [0, 0.05) is 37.4 Å². The molecule has 2 aromatic rings. The first-order valence-electron chi connectivity index (χ1n) is 9.64. The lowest BCUT2D eigenvalue weighted by molar-refractivity contribution is -0.274. The van der Waals surface area contributed by atoms with Gasteiger partial charge in [-0.2, -0.15) is 0 Å². The van der Waals surface area contributed by atoms with Crippen molar-refractivity contribution in [2.75, 3.05) is 23.3 Å². The van der Waals surface area contributed by atoms with Gasteiger partial charge in [0.25, 0.3) is 5.91 Å². The van der Waals surface area contributed by atoms with Crippen LogP contribution in [0.4, 0.5) is 33.9 Å². The number of amides is 2. The maximum absolute atomic E-state index is 14.2. The Labute approximate surface area is 194 Å². The molecule has 1 aromatic carbocycles. The standard InChI is InChI=1S/C20H19BrF4N4O4/c1-10-9-29(19(31)32)11(2)8-28(10)17-4-3-12(7-26-17)18(30)27-15-6-16(33-20(23,24)25)13(21)5-14(15)22/h3-7,10-11H,8-9H2,1-2H3,(H,27,30)(H,31,32)/t10-,11+/m1/s1. The number of piperazine rings is 1. The summed E-state index contributed by atoms with van der Waals surface area (Å²) in [6.45, 7) is 4.31. The van der Waals surface area contributed by atoms with Crippen molar-refractivity contribution < 1.29 is 37.0 Å². The van der Waals surface area contributed by atoms with Crippen molar-refractivity contribution in [3.8, 4) is 5.75 Å². The van der Waals surface area contributed by atoms with Crippen molar-refractivity contribution in [1.29, 1.82) is 0 Å². The normalized spacial score (nSPS) is 18.8. The molecule has 2 heterocycles. The highest BCUT2D eigenvalue weighted by molar-refractivity contribution is 9.10. The van der Waals surface area contributed by atoms with Gasteiger partial charge in [-0.3, -0.25) is 4.79 Å². The maximum Gasteiger partial charge on any atom is 0.573 e. The quantitative estimate of drug-likeness (QED) is 0.551.